The van der Waals surface area contributed by atoms with E-state index >= 15 is 0 Å². The quantitative estimate of drug-likeness (QED) is 0.744. The Morgan fingerprint density at radius 2 is 2.00 bits per heavy atom. The Morgan fingerprint density at radius 1 is 1.31 bits per heavy atom. The molecular formula is C12H17N. The SMILES string of the molecule is CCCc1ccc(C2CCN2)cc1. The number of hydrogen-bond acceptors (Lipinski definition) is 1. The lowest BCUT2D eigenvalue weighted by molar-refractivity contribution is 0.383. The molecule has 0 bridgehead atoms. The highest BCUT2D eigenvalue weighted by atomic mass is 15.0. The van der Waals surface area contributed by atoms with Gasteiger partial charge in [-0.2, -0.15) is 0 Å². The van der Waals surface area contributed by atoms with E-state index in [-0.39, 0.29) is 0 Å². The van der Waals surface area contributed by atoms with Gasteiger partial charge in [0, 0.05) is 6.04 Å². The van der Waals surface area contributed by atoms with Gasteiger partial charge >= 0.3 is 0 Å². The van der Waals surface area contributed by atoms with Crippen molar-refractivity contribution in [2.45, 2.75) is 32.2 Å². The van der Waals surface area contributed by atoms with Crippen LogP contribution in [0.25, 0.3) is 0 Å². The third-order valence-corrected chi connectivity index (χ3v) is 2.74. The summed E-state index contributed by atoms with van der Waals surface area (Å²) < 4.78 is 0. The Labute approximate surface area is 80.2 Å². The fourth-order valence-corrected chi connectivity index (χ4v) is 1.78. The van der Waals surface area contributed by atoms with Crippen molar-refractivity contribution in [3.63, 3.8) is 0 Å². The Balaban J connectivity index is 2.04. The average Bonchev–Trinajstić information content (AvgIpc) is 2.06. The molecule has 1 aromatic carbocycles. The van der Waals surface area contributed by atoms with E-state index in [9.17, 15) is 0 Å². The highest BCUT2D eigenvalue weighted by Crippen LogP contribution is 2.22. The summed E-state index contributed by atoms with van der Waals surface area (Å²) in [6.07, 6.45) is 3.74. The molecule has 1 N–H and O–H groups in total. The van der Waals surface area contributed by atoms with Gasteiger partial charge in [-0.05, 0) is 30.5 Å². The van der Waals surface area contributed by atoms with Crippen LogP contribution in [-0.4, -0.2) is 6.54 Å². The minimum Gasteiger partial charge on any atom is -0.310 e. The molecule has 1 unspecified atom stereocenters. The molecule has 1 aliphatic heterocycles. The molecule has 0 saturated carbocycles. The molecule has 13 heavy (non-hydrogen) atoms. The molecule has 0 amide bonds. The highest BCUT2D eigenvalue weighted by molar-refractivity contribution is 5.26. The Hall–Kier alpha value is -0.820. The Morgan fingerprint density at radius 3 is 2.46 bits per heavy atom. The van der Waals surface area contributed by atoms with E-state index in [0.29, 0.717) is 6.04 Å². The lowest BCUT2D eigenvalue weighted by Crippen LogP contribution is -2.34. The molecule has 0 spiro atoms. The molecule has 0 aromatic heterocycles. The minimum atomic E-state index is 0.635. The Kier molecular flexibility index (Phi) is 2.65. The molecule has 70 valence electrons. The van der Waals surface area contributed by atoms with E-state index in [1.807, 2.05) is 0 Å². The van der Waals surface area contributed by atoms with Crippen molar-refractivity contribution in [2.75, 3.05) is 6.54 Å². The van der Waals surface area contributed by atoms with Crippen molar-refractivity contribution >= 4 is 0 Å². The van der Waals surface area contributed by atoms with Gasteiger partial charge in [-0.15, -0.1) is 0 Å². The van der Waals surface area contributed by atoms with Crippen LogP contribution in [-0.2, 0) is 6.42 Å². The molecule has 1 aliphatic rings. The van der Waals surface area contributed by atoms with E-state index in [1.54, 1.807) is 0 Å². The lowest BCUT2D eigenvalue weighted by atomic mass is 9.96. The van der Waals surface area contributed by atoms with E-state index in [4.69, 9.17) is 0 Å². The van der Waals surface area contributed by atoms with Crippen LogP contribution in [0.4, 0.5) is 0 Å². The van der Waals surface area contributed by atoms with Gasteiger partial charge in [0.25, 0.3) is 0 Å². The maximum absolute atomic E-state index is 3.41. The number of nitrogens with one attached hydrogen (secondary N) is 1. The molecule has 2 rings (SSSR count). The first kappa shape index (κ1) is 8.76. The first-order valence-electron chi connectivity index (χ1n) is 5.22. The van der Waals surface area contributed by atoms with Crippen LogP contribution in [0.1, 0.15) is 36.9 Å². The normalized spacial score (nSPS) is 21.2. The van der Waals surface area contributed by atoms with Gasteiger partial charge in [-0.1, -0.05) is 37.6 Å². The minimum absolute atomic E-state index is 0.635. The van der Waals surface area contributed by atoms with E-state index in [0.717, 1.165) is 0 Å². The fraction of sp³-hybridized carbons (Fsp3) is 0.500. The monoisotopic (exact) mass is 175 g/mol. The zero-order chi connectivity index (χ0) is 9.10. The third-order valence-electron chi connectivity index (χ3n) is 2.74. The average molecular weight is 175 g/mol. The second-order valence-corrected chi connectivity index (χ2v) is 3.79. The van der Waals surface area contributed by atoms with Gasteiger partial charge in [0.1, 0.15) is 0 Å². The summed E-state index contributed by atoms with van der Waals surface area (Å²) in [6.45, 7) is 3.41. The summed E-state index contributed by atoms with van der Waals surface area (Å²) in [7, 11) is 0. The topological polar surface area (TPSA) is 12.0 Å². The first-order valence-corrected chi connectivity index (χ1v) is 5.22. The smallest absolute Gasteiger partial charge is 0.0332 e. The highest BCUT2D eigenvalue weighted by Gasteiger charge is 2.17. The molecule has 1 saturated heterocycles. The summed E-state index contributed by atoms with van der Waals surface area (Å²) >= 11 is 0. The second kappa shape index (κ2) is 3.93. The van der Waals surface area contributed by atoms with Crippen molar-refractivity contribution in [3.05, 3.63) is 35.4 Å². The zero-order valence-electron chi connectivity index (χ0n) is 8.22. The maximum Gasteiger partial charge on any atom is 0.0332 e. The van der Waals surface area contributed by atoms with Gasteiger partial charge in [0.05, 0.1) is 0 Å². The van der Waals surface area contributed by atoms with E-state index in [2.05, 4.69) is 36.5 Å². The molecule has 1 heteroatoms. The summed E-state index contributed by atoms with van der Waals surface area (Å²) in [6, 6.07) is 9.69. The number of aryl methyl sites for hydroxylation is 1. The standard InChI is InChI=1S/C12H17N/c1-2-3-10-4-6-11(7-5-10)12-8-9-13-12/h4-7,12-13H,2-3,8-9H2,1H3. The zero-order valence-corrected chi connectivity index (χ0v) is 8.22. The predicted molar refractivity (Wildman–Crippen MR) is 55.8 cm³/mol. The van der Waals surface area contributed by atoms with Gasteiger partial charge in [0.2, 0.25) is 0 Å². The summed E-state index contributed by atoms with van der Waals surface area (Å²) in [4.78, 5) is 0. The number of hydrogen-bond donors (Lipinski definition) is 1. The van der Waals surface area contributed by atoms with Gasteiger partial charge < -0.3 is 5.32 Å². The van der Waals surface area contributed by atoms with Crippen molar-refractivity contribution in [2.24, 2.45) is 0 Å². The van der Waals surface area contributed by atoms with Crippen molar-refractivity contribution < 1.29 is 0 Å². The second-order valence-electron chi connectivity index (χ2n) is 3.79. The summed E-state index contributed by atoms with van der Waals surface area (Å²) in [5.74, 6) is 0. The molecule has 0 aliphatic carbocycles. The molecule has 0 radical (unpaired) electrons. The van der Waals surface area contributed by atoms with Crippen molar-refractivity contribution in [1.82, 2.24) is 5.32 Å². The van der Waals surface area contributed by atoms with Crippen molar-refractivity contribution in [3.8, 4) is 0 Å². The van der Waals surface area contributed by atoms with Gasteiger partial charge in [0.15, 0.2) is 0 Å². The third kappa shape index (κ3) is 1.92. The van der Waals surface area contributed by atoms with Crippen LogP contribution < -0.4 is 5.32 Å². The molecule has 1 nitrogen and oxygen atoms in total. The number of rotatable bonds is 3. The summed E-state index contributed by atoms with van der Waals surface area (Å²) in [5, 5.41) is 3.41. The predicted octanol–water partition coefficient (Wildman–Crippen LogP) is 2.67. The molecule has 1 aromatic rings. The van der Waals surface area contributed by atoms with Crippen LogP contribution in [0, 0.1) is 0 Å². The Bertz CT molecular complexity index is 259. The van der Waals surface area contributed by atoms with Crippen LogP contribution in [0.15, 0.2) is 24.3 Å². The number of benzene rings is 1. The largest absolute Gasteiger partial charge is 0.310 e. The molecule has 1 heterocycles. The molecular weight excluding hydrogens is 158 g/mol. The lowest BCUT2D eigenvalue weighted by Gasteiger charge is -2.28. The molecule has 1 fully saturated rings. The van der Waals surface area contributed by atoms with Crippen LogP contribution in [0.2, 0.25) is 0 Å². The van der Waals surface area contributed by atoms with Gasteiger partial charge in [-0.25, -0.2) is 0 Å². The van der Waals surface area contributed by atoms with Crippen LogP contribution >= 0.6 is 0 Å². The summed E-state index contributed by atoms with van der Waals surface area (Å²) in [5.41, 5.74) is 2.91. The van der Waals surface area contributed by atoms with Crippen molar-refractivity contribution in [1.29, 1.82) is 0 Å². The van der Waals surface area contributed by atoms with Crippen LogP contribution in [0.3, 0.4) is 0 Å². The maximum atomic E-state index is 3.41. The van der Waals surface area contributed by atoms with Gasteiger partial charge in [-0.3, -0.25) is 0 Å². The fourth-order valence-electron chi connectivity index (χ4n) is 1.78. The van der Waals surface area contributed by atoms with E-state index in [1.165, 1.54) is 36.9 Å². The van der Waals surface area contributed by atoms with E-state index < -0.39 is 0 Å². The molecule has 1 atom stereocenters. The first-order chi connectivity index (χ1) is 6.40. The van der Waals surface area contributed by atoms with Crippen LogP contribution in [0.5, 0.6) is 0 Å².